The van der Waals surface area contributed by atoms with E-state index < -0.39 is 5.97 Å². The molecule has 0 aliphatic heterocycles. The van der Waals surface area contributed by atoms with E-state index in [-0.39, 0.29) is 13.0 Å². The summed E-state index contributed by atoms with van der Waals surface area (Å²) in [6, 6.07) is 0. The number of aliphatic hydroxyl groups is 1. The van der Waals surface area contributed by atoms with E-state index >= 15 is 0 Å². The molecule has 0 saturated heterocycles. The molecule has 4 nitrogen and oxygen atoms in total. The highest BCUT2D eigenvalue weighted by Gasteiger charge is 2.02. The summed E-state index contributed by atoms with van der Waals surface area (Å²) >= 11 is 0. The highest BCUT2D eigenvalue weighted by Crippen LogP contribution is 2.11. The third-order valence-corrected chi connectivity index (χ3v) is 3.46. The maximum Gasteiger partial charge on any atom is 0.303 e. The van der Waals surface area contributed by atoms with Crippen molar-refractivity contribution in [2.45, 2.75) is 83.5 Å². The van der Waals surface area contributed by atoms with Crippen LogP contribution in [0.3, 0.4) is 0 Å². The molecule has 0 spiro atoms. The fourth-order valence-electron chi connectivity index (χ4n) is 2.22. The lowest BCUT2D eigenvalue weighted by Gasteiger charge is -2.02. The molecule has 20 heavy (non-hydrogen) atoms. The summed E-state index contributed by atoms with van der Waals surface area (Å²) in [6.07, 6.45) is 11.4. The Bertz CT molecular complexity index is 251. The molecule has 0 fully saturated rings. The number of aliphatic hydroxyl groups excluding tert-OH is 1. The first-order valence-electron chi connectivity index (χ1n) is 8.01. The molecule has 0 aromatic heterocycles. The van der Waals surface area contributed by atoms with Crippen molar-refractivity contribution in [3.8, 4) is 0 Å². The van der Waals surface area contributed by atoms with Gasteiger partial charge in [0, 0.05) is 25.9 Å². The topological polar surface area (TPSA) is 74.6 Å². The Balaban J connectivity index is 3.18. The van der Waals surface area contributed by atoms with Gasteiger partial charge in [-0.1, -0.05) is 38.5 Å². The summed E-state index contributed by atoms with van der Waals surface area (Å²) in [5, 5.41) is 17.1. The van der Waals surface area contributed by atoms with Crippen molar-refractivity contribution in [2.75, 3.05) is 6.61 Å². The Morgan fingerprint density at radius 1 is 0.600 bits per heavy atom. The number of unbranched alkanes of at least 4 members (excludes halogenated alkanes) is 8. The number of carboxylic acid groups (broad SMARTS) is 1. The number of rotatable bonds is 15. The van der Waals surface area contributed by atoms with Crippen LogP contribution in [0.4, 0.5) is 0 Å². The normalized spacial score (nSPS) is 10.7. The number of aliphatic carboxylic acids is 1. The van der Waals surface area contributed by atoms with E-state index in [1.54, 1.807) is 0 Å². The van der Waals surface area contributed by atoms with Crippen molar-refractivity contribution in [1.82, 2.24) is 0 Å². The molecule has 4 heteroatoms. The smallest absolute Gasteiger partial charge is 0.303 e. The van der Waals surface area contributed by atoms with Gasteiger partial charge in [-0.25, -0.2) is 0 Å². The predicted molar refractivity (Wildman–Crippen MR) is 79.7 cm³/mol. The highest BCUT2D eigenvalue weighted by molar-refractivity contribution is 5.78. The lowest BCUT2D eigenvalue weighted by Crippen LogP contribution is -1.98. The van der Waals surface area contributed by atoms with Crippen molar-refractivity contribution in [1.29, 1.82) is 0 Å². The Labute approximate surface area is 122 Å². The van der Waals surface area contributed by atoms with Crippen molar-refractivity contribution in [2.24, 2.45) is 0 Å². The van der Waals surface area contributed by atoms with Crippen LogP contribution in [0.5, 0.6) is 0 Å². The first-order chi connectivity index (χ1) is 9.66. The molecule has 0 aromatic rings. The maximum atomic E-state index is 11.6. The average molecular weight is 286 g/mol. The fraction of sp³-hybridized carbons (Fsp3) is 0.875. The Morgan fingerprint density at radius 2 is 1.00 bits per heavy atom. The van der Waals surface area contributed by atoms with E-state index in [2.05, 4.69) is 0 Å². The van der Waals surface area contributed by atoms with Crippen LogP contribution in [-0.2, 0) is 9.59 Å². The quantitative estimate of drug-likeness (QED) is 0.450. The number of carboxylic acids is 1. The van der Waals surface area contributed by atoms with E-state index in [0.717, 1.165) is 64.2 Å². The molecule has 118 valence electrons. The van der Waals surface area contributed by atoms with Crippen LogP contribution in [0, 0.1) is 0 Å². The fourth-order valence-corrected chi connectivity index (χ4v) is 2.22. The summed E-state index contributed by atoms with van der Waals surface area (Å²) in [5.41, 5.74) is 0. The summed E-state index contributed by atoms with van der Waals surface area (Å²) < 4.78 is 0. The second-order valence-corrected chi connectivity index (χ2v) is 5.44. The van der Waals surface area contributed by atoms with Crippen LogP contribution in [-0.4, -0.2) is 28.6 Å². The van der Waals surface area contributed by atoms with Gasteiger partial charge in [0.05, 0.1) is 0 Å². The van der Waals surface area contributed by atoms with Crippen molar-refractivity contribution in [3.05, 3.63) is 0 Å². The van der Waals surface area contributed by atoms with E-state index in [0.29, 0.717) is 18.6 Å². The van der Waals surface area contributed by atoms with Gasteiger partial charge >= 0.3 is 5.97 Å². The zero-order chi connectivity index (χ0) is 15.1. The lowest BCUT2D eigenvalue weighted by atomic mass is 10.0. The zero-order valence-corrected chi connectivity index (χ0v) is 12.6. The number of ketones is 1. The molecular weight excluding hydrogens is 256 g/mol. The second-order valence-electron chi connectivity index (χ2n) is 5.44. The first kappa shape index (κ1) is 19.1. The number of Topliss-reactive ketones (excluding diaryl/α,β-unsaturated/α-hetero) is 1. The molecular formula is C16H30O4. The predicted octanol–water partition coefficient (Wildman–Crippen LogP) is 3.70. The van der Waals surface area contributed by atoms with Crippen LogP contribution >= 0.6 is 0 Å². The Kier molecular flexibility index (Phi) is 13.9. The van der Waals surface area contributed by atoms with Crippen molar-refractivity contribution >= 4 is 11.8 Å². The van der Waals surface area contributed by atoms with Crippen LogP contribution in [0.1, 0.15) is 83.5 Å². The van der Waals surface area contributed by atoms with Crippen LogP contribution in [0.15, 0.2) is 0 Å². The number of hydrogen-bond donors (Lipinski definition) is 2. The van der Waals surface area contributed by atoms with Gasteiger partial charge in [0.25, 0.3) is 0 Å². The number of hydrogen-bond acceptors (Lipinski definition) is 3. The molecule has 0 aliphatic rings. The monoisotopic (exact) mass is 286 g/mol. The largest absolute Gasteiger partial charge is 0.481 e. The summed E-state index contributed by atoms with van der Waals surface area (Å²) in [5.74, 6) is -0.364. The molecule has 0 radical (unpaired) electrons. The highest BCUT2D eigenvalue weighted by atomic mass is 16.4. The minimum absolute atomic E-state index is 0.259. The van der Waals surface area contributed by atoms with Crippen molar-refractivity contribution in [3.63, 3.8) is 0 Å². The molecule has 0 heterocycles. The van der Waals surface area contributed by atoms with Crippen LogP contribution in [0.2, 0.25) is 0 Å². The third kappa shape index (κ3) is 15.2. The molecule has 0 unspecified atom stereocenters. The second kappa shape index (κ2) is 14.5. The van der Waals surface area contributed by atoms with Gasteiger partial charge in [-0.2, -0.15) is 0 Å². The van der Waals surface area contributed by atoms with Gasteiger partial charge in [-0.3, -0.25) is 9.59 Å². The Hall–Kier alpha value is -0.900. The number of carbonyl (C=O) groups excluding carboxylic acids is 1. The maximum absolute atomic E-state index is 11.6. The van der Waals surface area contributed by atoms with E-state index in [9.17, 15) is 9.59 Å². The molecule has 0 bridgehead atoms. The first-order valence-corrected chi connectivity index (χ1v) is 8.01. The third-order valence-electron chi connectivity index (χ3n) is 3.46. The van der Waals surface area contributed by atoms with Gasteiger partial charge in [0.15, 0.2) is 0 Å². The standard InChI is InChI=1S/C16H30O4/c17-14-10-6-2-4-8-12-15(18)11-7-3-1-5-9-13-16(19)20/h17H,1-14H2,(H,19,20). The van der Waals surface area contributed by atoms with Gasteiger partial charge in [0.2, 0.25) is 0 Å². The van der Waals surface area contributed by atoms with E-state index in [1.165, 1.54) is 0 Å². The van der Waals surface area contributed by atoms with Gasteiger partial charge in [-0.15, -0.1) is 0 Å². The van der Waals surface area contributed by atoms with Gasteiger partial charge < -0.3 is 10.2 Å². The van der Waals surface area contributed by atoms with E-state index in [1.807, 2.05) is 0 Å². The van der Waals surface area contributed by atoms with E-state index in [4.69, 9.17) is 10.2 Å². The summed E-state index contributed by atoms with van der Waals surface area (Å²) in [7, 11) is 0. The zero-order valence-electron chi connectivity index (χ0n) is 12.6. The number of carbonyl (C=O) groups is 2. The average Bonchev–Trinajstić information content (AvgIpc) is 2.41. The molecule has 2 N–H and O–H groups in total. The molecule has 0 rings (SSSR count). The Morgan fingerprint density at radius 3 is 1.45 bits per heavy atom. The van der Waals surface area contributed by atoms with Crippen molar-refractivity contribution < 1.29 is 19.8 Å². The molecule has 0 saturated carbocycles. The summed E-state index contributed by atoms with van der Waals surface area (Å²) in [4.78, 5) is 21.9. The SMILES string of the molecule is O=C(O)CCCCCCCC(=O)CCCCCCCO. The minimum Gasteiger partial charge on any atom is -0.481 e. The molecule has 0 aliphatic carbocycles. The van der Waals surface area contributed by atoms with Gasteiger partial charge in [0.1, 0.15) is 5.78 Å². The van der Waals surface area contributed by atoms with Gasteiger partial charge in [-0.05, 0) is 25.7 Å². The molecule has 0 amide bonds. The molecule has 0 atom stereocenters. The molecule has 0 aromatic carbocycles. The lowest BCUT2D eigenvalue weighted by molar-refractivity contribution is -0.137. The summed E-state index contributed by atoms with van der Waals surface area (Å²) in [6.45, 7) is 0.269. The van der Waals surface area contributed by atoms with Crippen LogP contribution < -0.4 is 0 Å². The minimum atomic E-state index is -0.723. The van der Waals surface area contributed by atoms with Crippen LogP contribution in [0.25, 0.3) is 0 Å².